The quantitative estimate of drug-likeness (QED) is 0.403. The number of ether oxygens (including phenoxy) is 1. The summed E-state index contributed by atoms with van der Waals surface area (Å²) >= 11 is 0. The average molecular weight is 349 g/mol. The van der Waals surface area contributed by atoms with Crippen LogP contribution in [0.15, 0.2) is 54.6 Å². The molecule has 1 aromatic heterocycles. The van der Waals surface area contributed by atoms with Gasteiger partial charge in [0.15, 0.2) is 0 Å². The number of nitro groups is 1. The van der Waals surface area contributed by atoms with Crippen LogP contribution in [0.25, 0.3) is 11.3 Å². The molecule has 0 fully saturated rings. The number of nitro benzene ring substituents is 1. The number of hydrogen-bond acceptors (Lipinski definition) is 6. The minimum absolute atomic E-state index is 0.0271. The SMILES string of the molecule is Cc1ccc(-c2ccc(OC(=O)c3ccccc3[N+](=O)[O-])nn2)cc1C. The van der Waals surface area contributed by atoms with Crippen molar-refractivity contribution in [3.63, 3.8) is 0 Å². The van der Waals surface area contributed by atoms with Crippen LogP contribution in [0.2, 0.25) is 0 Å². The van der Waals surface area contributed by atoms with E-state index in [0.717, 1.165) is 11.1 Å². The van der Waals surface area contributed by atoms with Crippen molar-refractivity contribution in [2.75, 3.05) is 0 Å². The van der Waals surface area contributed by atoms with E-state index in [-0.39, 0.29) is 17.1 Å². The fraction of sp³-hybridized carbons (Fsp3) is 0.105. The Bertz CT molecular complexity index is 984. The maximum Gasteiger partial charge on any atom is 0.351 e. The summed E-state index contributed by atoms with van der Waals surface area (Å²) in [5.41, 5.74) is 3.39. The zero-order valence-corrected chi connectivity index (χ0v) is 14.2. The molecule has 0 aliphatic heterocycles. The highest BCUT2D eigenvalue weighted by Crippen LogP contribution is 2.22. The largest absolute Gasteiger partial charge is 0.402 e. The first-order valence-electron chi connectivity index (χ1n) is 7.82. The zero-order chi connectivity index (χ0) is 18.7. The Morgan fingerprint density at radius 1 is 1.00 bits per heavy atom. The first-order valence-corrected chi connectivity index (χ1v) is 7.82. The van der Waals surface area contributed by atoms with Gasteiger partial charge in [-0.25, -0.2) is 4.79 Å². The van der Waals surface area contributed by atoms with E-state index in [4.69, 9.17) is 4.74 Å². The van der Waals surface area contributed by atoms with E-state index < -0.39 is 10.9 Å². The standard InChI is InChI=1S/C19H15N3O4/c1-12-7-8-14(11-13(12)2)16-9-10-18(21-20-16)26-19(23)15-5-3-4-6-17(15)22(24)25/h3-11H,1-2H3. The van der Waals surface area contributed by atoms with Crippen molar-refractivity contribution in [1.82, 2.24) is 10.2 Å². The third-order valence-electron chi connectivity index (χ3n) is 3.96. The molecule has 7 nitrogen and oxygen atoms in total. The van der Waals surface area contributed by atoms with Gasteiger partial charge in [-0.05, 0) is 43.2 Å². The number of nitrogens with zero attached hydrogens (tertiary/aromatic N) is 3. The summed E-state index contributed by atoms with van der Waals surface area (Å²) in [6, 6.07) is 14.7. The van der Waals surface area contributed by atoms with Gasteiger partial charge in [0, 0.05) is 17.7 Å². The predicted octanol–water partition coefficient (Wildman–Crippen LogP) is 3.89. The smallest absolute Gasteiger partial charge is 0.351 e. The summed E-state index contributed by atoms with van der Waals surface area (Å²) in [6.07, 6.45) is 0. The van der Waals surface area contributed by atoms with Gasteiger partial charge in [-0.3, -0.25) is 10.1 Å². The number of benzene rings is 2. The molecule has 0 N–H and O–H groups in total. The van der Waals surface area contributed by atoms with Crippen molar-refractivity contribution in [3.8, 4) is 17.1 Å². The summed E-state index contributed by atoms with van der Waals surface area (Å²) in [4.78, 5) is 22.5. The van der Waals surface area contributed by atoms with Crippen LogP contribution < -0.4 is 4.74 Å². The number of aryl methyl sites for hydroxylation is 2. The van der Waals surface area contributed by atoms with Gasteiger partial charge in [0.05, 0.1) is 10.6 Å². The molecule has 0 unspecified atom stereocenters. The maximum absolute atomic E-state index is 12.2. The summed E-state index contributed by atoms with van der Waals surface area (Å²) in [6.45, 7) is 4.03. The highest BCUT2D eigenvalue weighted by molar-refractivity contribution is 5.95. The summed E-state index contributed by atoms with van der Waals surface area (Å²) < 4.78 is 5.11. The minimum atomic E-state index is -0.856. The molecule has 2 aromatic carbocycles. The topological polar surface area (TPSA) is 95.2 Å². The Labute approximate surface area is 149 Å². The number of hydrogen-bond donors (Lipinski definition) is 0. The fourth-order valence-corrected chi connectivity index (χ4v) is 2.38. The van der Waals surface area contributed by atoms with Crippen LogP contribution in [0.3, 0.4) is 0 Å². The third-order valence-corrected chi connectivity index (χ3v) is 3.96. The van der Waals surface area contributed by atoms with Gasteiger partial charge in [-0.2, -0.15) is 0 Å². The second-order valence-electron chi connectivity index (χ2n) is 5.72. The van der Waals surface area contributed by atoms with E-state index in [1.54, 1.807) is 6.07 Å². The molecule has 3 aromatic rings. The molecule has 0 atom stereocenters. The number of para-hydroxylation sites is 1. The molecule has 0 radical (unpaired) electrons. The van der Waals surface area contributed by atoms with E-state index in [0.29, 0.717) is 5.69 Å². The Morgan fingerprint density at radius 2 is 1.77 bits per heavy atom. The molecule has 0 aliphatic carbocycles. The van der Waals surface area contributed by atoms with Gasteiger partial charge in [0.2, 0.25) is 5.88 Å². The van der Waals surface area contributed by atoms with E-state index in [9.17, 15) is 14.9 Å². The van der Waals surface area contributed by atoms with Gasteiger partial charge >= 0.3 is 5.97 Å². The lowest BCUT2D eigenvalue weighted by atomic mass is 10.0. The molecule has 3 rings (SSSR count). The summed E-state index contributed by atoms with van der Waals surface area (Å²) in [5.74, 6) is -0.883. The molecule has 0 amide bonds. The van der Waals surface area contributed by atoms with Crippen LogP contribution in [0.5, 0.6) is 5.88 Å². The van der Waals surface area contributed by atoms with Crippen LogP contribution in [0, 0.1) is 24.0 Å². The number of carbonyl (C=O) groups excluding carboxylic acids is 1. The molecular weight excluding hydrogens is 334 g/mol. The lowest BCUT2D eigenvalue weighted by Crippen LogP contribution is -2.12. The first kappa shape index (κ1) is 17.2. The van der Waals surface area contributed by atoms with Gasteiger partial charge in [0.25, 0.3) is 5.69 Å². The van der Waals surface area contributed by atoms with Crippen molar-refractivity contribution in [3.05, 3.63) is 81.4 Å². The number of carbonyl (C=O) groups is 1. The van der Waals surface area contributed by atoms with Gasteiger partial charge in [0.1, 0.15) is 5.56 Å². The van der Waals surface area contributed by atoms with E-state index in [2.05, 4.69) is 10.2 Å². The van der Waals surface area contributed by atoms with E-state index in [1.807, 2.05) is 32.0 Å². The highest BCUT2D eigenvalue weighted by atomic mass is 16.6. The lowest BCUT2D eigenvalue weighted by Gasteiger charge is -2.06. The minimum Gasteiger partial charge on any atom is -0.402 e. The molecule has 130 valence electrons. The Kier molecular flexibility index (Phi) is 4.70. The summed E-state index contributed by atoms with van der Waals surface area (Å²) in [7, 11) is 0. The molecule has 26 heavy (non-hydrogen) atoms. The average Bonchev–Trinajstić information content (AvgIpc) is 2.64. The normalized spacial score (nSPS) is 10.4. The number of esters is 1. The van der Waals surface area contributed by atoms with Crippen molar-refractivity contribution >= 4 is 11.7 Å². The molecule has 0 saturated heterocycles. The second kappa shape index (κ2) is 7.10. The molecule has 0 aliphatic rings. The van der Waals surface area contributed by atoms with Crippen LogP contribution in [0.1, 0.15) is 21.5 Å². The molecular formula is C19H15N3O4. The van der Waals surface area contributed by atoms with Gasteiger partial charge in [-0.15, -0.1) is 10.2 Å². The van der Waals surface area contributed by atoms with Crippen molar-refractivity contribution in [2.45, 2.75) is 13.8 Å². The summed E-state index contributed by atoms with van der Waals surface area (Å²) in [5, 5.41) is 18.9. The zero-order valence-electron chi connectivity index (χ0n) is 14.2. The Balaban J connectivity index is 1.80. The Morgan fingerprint density at radius 3 is 2.42 bits per heavy atom. The van der Waals surface area contributed by atoms with Crippen molar-refractivity contribution in [1.29, 1.82) is 0 Å². The molecule has 0 saturated carbocycles. The van der Waals surface area contributed by atoms with Crippen molar-refractivity contribution < 1.29 is 14.5 Å². The predicted molar refractivity (Wildman–Crippen MR) is 95.0 cm³/mol. The monoisotopic (exact) mass is 349 g/mol. The van der Waals surface area contributed by atoms with Gasteiger partial charge in [-0.1, -0.05) is 24.3 Å². The first-order chi connectivity index (χ1) is 12.5. The van der Waals surface area contributed by atoms with Crippen LogP contribution in [-0.4, -0.2) is 21.1 Å². The lowest BCUT2D eigenvalue weighted by molar-refractivity contribution is -0.385. The fourth-order valence-electron chi connectivity index (χ4n) is 2.38. The van der Waals surface area contributed by atoms with E-state index >= 15 is 0 Å². The van der Waals surface area contributed by atoms with E-state index in [1.165, 1.54) is 35.9 Å². The molecule has 0 spiro atoms. The molecule has 7 heteroatoms. The second-order valence-corrected chi connectivity index (χ2v) is 5.72. The van der Waals surface area contributed by atoms with Crippen LogP contribution in [-0.2, 0) is 0 Å². The van der Waals surface area contributed by atoms with Crippen molar-refractivity contribution in [2.24, 2.45) is 0 Å². The molecule has 0 bridgehead atoms. The Hall–Kier alpha value is -3.61. The van der Waals surface area contributed by atoms with Crippen LogP contribution in [0.4, 0.5) is 5.69 Å². The highest BCUT2D eigenvalue weighted by Gasteiger charge is 2.21. The third kappa shape index (κ3) is 3.56. The van der Waals surface area contributed by atoms with Gasteiger partial charge < -0.3 is 4.74 Å². The number of aromatic nitrogens is 2. The van der Waals surface area contributed by atoms with Crippen LogP contribution >= 0.6 is 0 Å². The number of rotatable bonds is 4. The maximum atomic E-state index is 12.2. The molecule has 1 heterocycles.